The Morgan fingerprint density at radius 3 is 3.00 bits per heavy atom. The maximum atomic E-state index is 5.80. The molecule has 3 rings (SSSR count). The first-order valence-corrected chi connectivity index (χ1v) is 7.10. The van der Waals surface area contributed by atoms with Crippen LogP contribution in [0.15, 0.2) is 6.07 Å². The maximum absolute atomic E-state index is 5.80. The zero-order valence-electron chi connectivity index (χ0n) is 10.4. The van der Waals surface area contributed by atoms with E-state index in [0.29, 0.717) is 10.9 Å². The van der Waals surface area contributed by atoms with Gasteiger partial charge in [0.1, 0.15) is 4.99 Å². The van der Waals surface area contributed by atoms with Gasteiger partial charge in [-0.1, -0.05) is 25.1 Å². The summed E-state index contributed by atoms with van der Waals surface area (Å²) in [5.74, 6) is 1.51. The normalized spacial score (nSPS) is 17.6. The van der Waals surface area contributed by atoms with Crippen molar-refractivity contribution in [1.82, 2.24) is 4.98 Å². The van der Waals surface area contributed by atoms with Crippen molar-refractivity contribution < 1.29 is 4.74 Å². The molecule has 0 bridgehead atoms. The van der Waals surface area contributed by atoms with Gasteiger partial charge in [0.2, 0.25) is 5.88 Å². The summed E-state index contributed by atoms with van der Waals surface area (Å²) in [7, 11) is 0. The predicted molar refractivity (Wildman–Crippen MR) is 75.0 cm³/mol. The fraction of sp³-hybridized carbons (Fsp3) is 0.571. The summed E-state index contributed by atoms with van der Waals surface area (Å²) in [6.45, 7) is 0.728. The number of hydrogen-bond acceptors (Lipinski definition) is 3. The molecule has 0 aromatic carbocycles. The molecule has 2 N–H and O–H groups in total. The van der Waals surface area contributed by atoms with Crippen molar-refractivity contribution in [2.75, 3.05) is 6.61 Å². The van der Waals surface area contributed by atoms with Crippen molar-refractivity contribution >= 4 is 17.2 Å². The highest BCUT2D eigenvalue weighted by atomic mass is 32.1. The molecule has 0 aliphatic heterocycles. The predicted octanol–water partition coefficient (Wildman–Crippen LogP) is 2.38. The fourth-order valence-electron chi connectivity index (χ4n) is 2.47. The summed E-state index contributed by atoms with van der Waals surface area (Å²) < 4.78 is 5.80. The molecular formula is C14H18N2OS. The van der Waals surface area contributed by atoms with Crippen LogP contribution in [0.3, 0.4) is 0 Å². The molecule has 0 amide bonds. The van der Waals surface area contributed by atoms with Gasteiger partial charge < -0.3 is 10.5 Å². The van der Waals surface area contributed by atoms with Gasteiger partial charge in [-0.25, -0.2) is 4.98 Å². The molecule has 0 saturated heterocycles. The molecular weight excluding hydrogens is 244 g/mol. The van der Waals surface area contributed by atoms with Gasteiger partial charge in [0.15, 0.2) is 0 Å². The number of nitrogens with zero attached hydrogens (tertiary/aromatic N) is 1. The SMILES string of the molecule is NC(=S)c1cc2c(nc1OCCC1CC1)CCC2. The molecule has 2 aliphatic carbocycles. The van der Waals surface area contributed by atoms with E-state index in [4.69, 9.17) is 22.7 Å². The zero-order chi connectivity index (χ0) is 12.5. The van der Waals surface area contributed by atoms with Crippen LogP contribution in [-0.2, 0) is 12.8 Å². The summed E-state index contributed by atoms with van der Waals surface area (Å²) in [6.07, 6.45) is 7.12. The monoisotopic (exact) mass is 262 g/mol. The molecule has 18 heavy (non-hydrogen) atoms. The number of hydrogen-bond donors (Lipinski definition) is 1. The lowest BCUT2D eigenvalue weighted by Gasteiger charge is -2.11. The lowest BCUT2D eigenvalue weighted by molar-refractivity contribution is 0.290. The number of pyridine rings is 1. The molecule has 2 aliphatic rings. The van der Waals surface area contributed by atoms with Gasteiger partial charge in [0.05, 0.1) is 12.2 Å². The van der Waals surface area contributed by atoms with Gasteiger partial charge in [0.25, 0.3) is 0 Å². The number of aryl methyl sites for hydroxylation is 2. The number of rotatable bonds is 5. The first kappa shape index (κ1) is 11.9. The third-order valence-corrected chi connectivity index (χ3v) is 3.96. The largest absolute Gasteiger partial charge is 0.477 e. The average Bonchev–Trinajstić information content (AvgIpc) is 3.05. The molecule has 0 unspecified atom stereocenters. The number of fused-ring (bicyclic) bond motifs is 1. The van der Waals surface area contributed by atoms with E-state index in [1.807, 2.05) is 0 Å². The maximum Gasteiger partial charge on any atom is 0.224 e. The topological polar surface area (TPSA) is 48.1 Å². The van der Waals surface area contributed by atoms with E-state index in [1.165, 1.54) is 24.8 Å². The van der Waals surface area contributed by atoms with Crippen LogP contribution in [-0.4, -0.2) is 16.6 Å². The first-order valence-electron chi connectivity index (χ1n) is 6.69. The lowest BCUT2D eigenvalue weighted by atomic mass is 10.1. The van der Waals surface area contributed by atoms with Gasteiger partial charge >= 0.3 is 0 Å². The van der Waals surface area contributed by atoms with E-state index >= 15 is 0 Å². The second-order valence-electron chi connectivity index (χ2n) is 5.25. The molecule has 3 nitrogen and oxygen atoms in total. The Kier molecular flexibility index (Phi) is 3.20. The Hall–Kier alpha value is -1.16. The molecule has 1 aromatic rings. The van der Waals surface area contributed by atoms with E-state index in [2.05, 4.69) is 11.1 Å². The van der Waals surface area contributed by atoms with Crippen LogP contribution < -0.4 is 10.5 Å². The van der Waals surface area contributed by atoms with Gasteiger partial charge in [-0.2, -0.15) is 0 Å². The van der Waals surface area contributed by atoms with Crippen LogP contribution in [0.2, 0.25) is 0 Å². The van der Waals surface area contributed by atoms with Crippen molar-refractivity contribution in [2.24, 2.45) is 11.7 Å². The summed E-state index contributed by atoms with van der Waals surface area (Å²) in [4.78, 5) is 4.99. The number of aromatic nitrogens is 1. The third kappa shape index (κ3) is 2.48. The minimum Gasteiger partial charge on any atom is -0.477 e. The number of ether oxygens (including phenoxy) is 1. The molecule has 0 atom stereocenters. The van der Waals surface area contributed by atoms with Crippen LogP contribution in [0.1, 0.15) is 42.5 Å². The quantitative estimate of drug-likeness (QED) is 0.828. The summed E-state index contributed by atoms with van der Waals surface area (Å²) in [6, 6.07) is 2.07. The van der Waals surface area contributed by atoms with Crippen LogP contribution in [0.25, 0.3) is 0 Å². The van der Waals surface area contributed by atoms with Crippen molar-refractivity contribution in [3.8, 4) is 5.88 Å². The second-order valence-corrected chi connectivity index (χ2v) is 5.69. The molecule has 1 heterocycles. The van der Waals surface area contributed by atoms with Crippen LogP contribution in [0.4, 0.5) is 0 Å². The molecule has 96 valence electrons. The molecule has 0 radical (unpaired) electrons. The van der Waals surface area contributed by atoms with E-state index in [9.17, 15) is 0 Å². The highest BCUT2D eigenvalue weighted by molar-refractivity contribution is 7.80. The zero-order valence-corrected chi connectivity index (χ0v) is 11.3. The van der Waals surface area contributed by atoms with Gasteiger partial charge in [-0.05, 0) is 43.2 Å². The molecule has 0 spiro atoms. The molecule has 1 fully saturated rings. The highest BCUT2D eigenvalue weighted by Crippen LogP contribution is 2.33. The Bertz CT molecular complexity index is 483. The van der Waals surface area contributed by atoms with Crippen LogP contribution in [0.5, 0.6) is 5.88 Å². The number of thiocarbonyl (C=S) groups is 1. The second kappa shape index (κ2) is 4.84. The Morgan fingerprint density at radius 1 is 1.44 bits per heavy atom. The minimum atomic E-state index is 0.388. The van der Waals surface area contributed by atoms with Crippen LogP contribution >= 0.6 is 12.2 Å². The van der Waals surface area contributed by atoms with E-state index < -0.39 is 0 Å². The van der Waals surface area contributed by atoms with Crippen molar-refractivity contribution in [1.29, 1.82) is 0 Å². The van der Waals surface area contributed by atoms with Crippen LogP contribution in [0, 0.1) is 5.92 Å². The summed E-state index contributed by atoms with van der Waals surface area (Å²) >= 11 is 5.09. The number of nitrogens with two attached hydrogens (primary N) is 1. The lowest BCUT2D eigenvalue weighted by Crippen LogP contribution is -2.14. The first-order chi connectivity index (χ1) is 8.74. The summed E-state index contributed by atoms with van der Waals surface area (Å²) in [5, 5.41) is 0. The highest BCUT2D eigenvalue weighted by Gasteiger charge is 2.22. The third-order valence-electron chi connectivity index (χ3n) is 3.74. The summed E-state index contributed by atoms with van der Waals surface area (Å²) in [5.41, 5.74) is 9.02. The standard InChI is InChI=1S/C14H18N2OS/c15-13(18)11-8-10-2-1-3-12(10)16-14(11)17-7-6-9-4-5-9/h8-9H,1-7H2,(H2,15,18). The minimum absolute atomic E-state index is 0.388. The van der Waals surface area contributed by atoms with Crippen molar-refractivity contribution in [2.45, 2.75) is 38.5 Å². The Labute approximate surface area is 113 Å². The Balaban J connectivity index is 1.78. The average molecular weight is 262 g/mol. The van der Waals surface area contributed by atoms with Crippen molar-refractivity contribution in [3.05, 3.63) is 22.9 Å². The van der Waals surface area contributed by atoms with E-state index in [1.54, 1.807) is 0 Å². The van der Waals surface area contributed by atoms with Crippen molar-refractivity contribution in [3.63, 3.8) is 0 Å². The van der Waals surface area contributed by atoms with Gasteiger partial charge in [-0.15, -0.1) is 0 Å². The van der Waals surface area contributed by atoms with Gasteiger partial charge in [-0.3, -0.25) is 0 Å². The van der Waals surface area contributed by atoms with E-state index in [0.717, 1.165) is 43.0 Å². The van der Waals surface area contributed by atoms with Gasteiger partial charge in [0, 0.05) is 5.69 Å². The molecule has 1 saturated carbocycles. The molecule has 4 heteroatoms. The Morgan fingerprint density at radius 2 is 2.28 bits per heavy atom. The fourth-order valence-corrected chi connectivity index (χ4v) is 2.61. The molecule has 1 aromatic heterocycles. The van der Waals surface area contributed by atoms with E-state index in [-0.39, 0.29) is 0 Å². The smallest absolute Gasteiger partial charge is 0.224 e.